The summed E-state index contributed by atoms with van der Waals surface area (Å²) in [4.78, 5) is 0. The van der Waals surface area contributed by atoms with Gasteiger partial charge in [-0.25, -0.2) is 0 Å². The molecule has 0 atom stereocenters. The molecule has 0 saturated carbocycles. The van der Waals surface area contributed by atoms with E-state index in [1.54, 1.807) is 16.9 Å². The fraction of sp³-hybridized carbons (Fsp3) is 0.182. The molecule has 1 aromatic carbocycles. The monoisotopic (exact) mass is 237 g/mol. The predicted molar refractivity (Wildman–Crippen MR) is 63.4 cm³/mol. The lowest BCUT2D eigenvalue weighted by Crippen LogP contribution is -2.05. The highest BCUT2D eigenvalue weighted by atomic mass is 35.5. The zero-order chi connectivity index (χ0) is 11.5. The molecule has 4 nitrogen and oxygen atoms in total. The van der Waals surface area contributed by atoms with Gasteiger partial charge in [0.25, 0.3) is 0 Å². The van der Waals surface area contributed by atoms with Crippen molar-refractivity contribution in [3.63, 3.8) is 0 Å². The van der Waals surface area contributed by atoms with Gasteiger partial charge in [0.15, 0.2) is 0 Å². The number of aromatic nitrogens is 2. The van der Waals surface area contributed by atoms with Crippen LogP contribution in [0, 0.1) is 0 Å². The van der Waals surface area contributed by atoms with Gasteiger partial charge in [0.1, 0.15) is 12.4 Å². The van der Waals surface area contributed by atoms with Gasteiger partial charge in [-0.05, 0) is 12.1 Å². The van der Waals surface area contributed by atoms with Crippen LogP contribution in [-0.2, 0) is 13.7 Å². The first-order valence-corrected chi connectivity index (χ1v) is 5.20. The Balaban J connectivity index is 2.11. The summed E-state index contributed by atoms with van der Waals surface area (Å²) in [7, 11) is 1.82. The highest BCUT2D eigenvalue weighted by molar-refractivity contribution is 6.32. The van der Waals surface area contributed by atoms with Crippen molar-refractivity contribution in [1.82, 2.24) is 9.78 Å². The Morgan fingerprint density at radius 1 is 1.44 bits per heavy atom. The number of rotatable bonds is 3. The fourth-order valence-electron chi connectivity index (χ4n) is 1.36. The van der Waals surface area contributed by atoms with Crippen molar-refractivity contribution in [2.24, 2.45) is 7.05 Å². The number of para-hydroxylation sites is 1. The molecule has 2 rings (SSSR count). The van der Waals surface area contributed by atoms with Crippen LogP contribution in [0.15, 0.2) is 30.5 Å². The minimum atomic E-state index is 0.353. The number of anilines is 1. The molecule has 2 N–H and O–H groups in total. The molecule has 0 saturated heterocycles. The fourth-order valence-corrected chi connectivity index (χ4v) is 1.55. The van der Waals surface area contributed by atoms with Crippen molar-refractivity contribution in [3.05, 3.63) is 41.2 Å². The molecule has 0 amide bonds. The molecule has 0 aliphatic heterocycles. The number of nitrogen functional groups attached to an aromatic ring is 1. The van der Waals surface area contributed by atoms with Gasteiger partial charge >= 0.3 is 0 Å². The van der Waals surface area contributed by atoms with Crippen LogP contribution in [0.25, 0.3) is 0 Å². The smallest absolute Gasteiger partial charge is 0.138 e. The number of aryl methyl sites for hydroxylation is 1. The molecule has 84 valence electrons. The quantitative estimate of drug-likeness (QED) is 0.891. The van der Waals surface area contributed by atoms with E-state index in [0.29, 0.717) is 23.1 Å². The van der Waals surface area contributed by atoms with Crippen LogP contribution in [0.5, 0.6) is 5.75 Å². The average Bonchev–Trinajstić information content (AvgIpc) is 2.58. The van der Waals surface area contributed by atoms with E-state index in [4.69, 9.17) is 22.1 Å². The van der Waals surface area contributed by atoms with Crippen molar-refractivity contribution in [2.75, 3.05) is 5.73 Å². The zero-order valence-corrected chi connectivity index (χ0v) is 9.61. The Kier molecular flexibility index (Phi) is 3.01. The predicted octanol–water partition coefficient (Wildman–Crippen LogP) is 2.23. The molecular weight excluding hydrogens is 226 g/mol. The Morgan fingerprint density at radius 3 is 2.81 bits per heavy atom. The van der Waals surface area contributed by atoms with E-state index < -0.39 is 0 Å². The van der Waals surface area contributed by atoms with E-state index in [2.05, 4.69) is 5.10 Å². The Bertz CT molecular complexity index is 476. The van der Waals surface area contributed by atoms with Gasteiger partial charge in [-0.3, -0.25) is 4.68 Å². The molecule has 16 heavy (non-hydrogen) atoms. The van der Waals surface area contributed by atoms with Crippen LogP contribution < -0.4 is 10.5 Å². The van der Waals surface area contributed by atoms with Gasteiger partial charge in [-0.15, -0.1) is 0 Å². The molecule has 0 radical (unpaired) electrons. The topological polar surface area (TPSA) is 53.1 Å². The van der Waals surface area contributed by atoms with Crippen molar-refractivity contribution in [3.8, 4) is 5.75 Å². The number of hydrogen-bond acceptors (Lipinski definition) is 3. The number of nitrogens with two attached hydrogens (primary N) is 1. The van der Waals surface area contributed by atoms with Crippen molar-refractivity contribution < 1.29 is 4.74 Å². The third-order valence-electron chi connectivity index (χ3n) is 2.29. The molecule has 5 heteroatoms. The summed E-state index contributed by atoms with van der Waals surface area (Å²) in [5.41, 5.74) is 7.20. The van der Waals surface area contributed by atoms with E-state index in [1.807, 2.05) is 25.2 Å². The number of nitrogens with zero attached hydrogens (tertiary/aromatic N) is 2. The first kappa shape index (κ1) is 10.8. The number of halogens is 1. The van der Waals surface area contributed by atoms with Crippen LogP contribution >= 0.6 is 11.6 Å². The SMILES string of the molecule is Cn1ncc(N)c1COc1ccccc1Cl. The number of benzene rings is 1. The van der Waals surface area contributed by atoms with Gasteiger partial charge < -0.3 is 10.5 Å². The maximum atomic E-state index is 5.97. The van der Waals surface area contributed by atoms with Crippen LogP contribution in [0.3, 0.4) is 0 Å². The van der Waals surface area contributed by atoms with Gasteiger partial charge in [0.2, 0.25) is 0 Å². The Morgan fingerprint density at radius 2 is 2.19 bits per heavy atom. The second-order valence-corrected chi connectivity index (χ2v) is 3.80. The molecule has 0 aliphatic carbocycles. The molecule has 1 aromatic heterocycles. The summed E-state index contributed by atoms with van der Waals surface area (Å²) in [6, 6.07) is 7.32. The minimum Gasteiger partial charge on any atom is -0.486 e. The van der Waals surface area contributed by atoms with Gasteiger partial charge in [-0.2, -0.15) is 5.10 Å². The van der Waals surface area contributed by atoms with Gasteiger partial charge in [0, 0.05) is 7.05 Å². The lowest BCUT2D eigenvalue weighted by atomic mass is 10.3. The lowest BCUT2D eigenvalue weighted by Gasteiger charge is -2.08. The maximum absolute atomic E-state index is 5.97. The molecular formula is C11H12ClN3O. The summed E-state index contributed by atoms with van der Waals surface area (Å²) >= 11 is 5.97. The molecule has 0 unspecified atom stereocenters. The van der Waals surface area contributed by atoms with Crippen molar-refractivity contribution >= 4 is 17.3 Å². The largest absolute Gasteiger partial charge is 0.486 e. The van der Waals surface area contributed by atoms with E-state index in [-0.39, 0.29) is 0 Å². The molecule has 0 bridgehead atoms. The summed E-state index contributed by atoms with van der Waals surface area (Å²) in [6.07, 6.45) is 1.60. The summed E-state index contributed by atoms with van der Waals surface area (Å²) in [5.74, 6) is 0.643. The number of ether oxygens (including phenoxy) is 1. The van der Waals surface area contributed by atoms with E-state index in [0.717, 1.165) is 5.69 Å². The third-order valence-corrected chi connectivity index (χ3v) is 2.61. The molecule has 0 fully saturated rings. The summed E-state index contributed by atoms with van der Waals surface area (Å²) < 4.78 is 7.26. The van der Waals surface area contributed by atoms with Crippen LogP contribution in [0.2, 0.25) is 5.02 Å². The summed E-state index contributed by atoms with van der Waals surface area (Å²) in [6.45, 7) is 0.353. The lowest BCUT2D eigenvalue weighted by molar-refractivity contribution is 0.296. The third kappa shape index (κ3) is 2.12. The standard InChI is InChI=1S/C11H12ClN3O/c1-15-10(9(13)6-14-15)7-16-11-5-3-2-4-8(11)12/h2-6H,7,13H2,1H3. The first-order chi connectivity index (χ1) is 7.68. The zero-order valence-electron chi connectivity index (χ0n) is 8.85. The second kappa shape index (κ2) is 4.45. The van der Waals surface area contributed by atoms with E-state index >= 15 is 0 Å². The van der Waals surface area contributed by atoms with Crippen LogP contribution in [0.4, 0.5) is 5.69 Å². The first-order valence-electron chi connectivity index (χ1n) is 4.82. The highest BCUT2D eigenvalue weighted by Crippen LogP contribution is 2.24. The second-order valence-electron chi connectivity index (χ2n) is 3.39. The van der Waals surface area contributed by atoms with Gasteiger partial charge in [0.05, 0.1) is 22.6 Å². The molecule has 0 aliphatic rings. The van der Waals surface area contributed by atoms with E-state index in [9.17, 15) is 0 Å². The van der Waals surface area contributed by atoms with Crippen LogP contribution in [0.1, 0.15) is 5.69 Å². The summed E-state index contributed by atoms with van der Waals surface area (Å²) in [5, 5.41) is 4.62. The number of hydrogen-bond donors (Lipinski definition) is 1. The van der Waals surface area contributed by atoms with Crippen LogP contribution in [-0.4, -0.2) is 9.78 Å². The van der Waals surface area contributed by atoms with Crippen molar-refractivity contribution in [1.29, 1.82) is 0 Å². The molecule has 2 aromatic rings. The Hall–Kier alpha value is -1.68. The molecule has 0 spiro atoms. The minimum absolute atomic E-state index is 0.353. The molecule has 1 heterocycles. The van der Waals surface area contributed by atoms with E-state index in [1.165, 1.54) is 0 Å². The Labute approximate surface area is 98.6 Å². The highest BCUT2D eigenvalue weighted by Gasteiger charge is 2.07. The average molecular weight is 238 g/mol. The van der Waals surface area contributed by atoms with Crippen molar-refractivity contribution in [2.45, 2.75) is 6.61 Å². The normalized spacial score (nSPS) is 10.4. The maximum Gasteiger partial charge on any atom is 0.138 e. The van der Waals surface area contributed by atoms with Gasteiger partial charge in [-0.1, -0.05) is 23.7 Å².